The number of benzene rings is 1. The molecular formula is C12H15F2NOS. The van der Waals surface area contributed by atoms with Crippen LogP contribution in [-0.2, 0) is 10.8 Å². The van der Waals surface area contributed by atoms with Crippen molar-refractivity contribution in [1.82, 2.24) is 5.32 Å². The molecule has 1 aliphatic rings. The molecule has 0 aliphatic carbocycles. The number of nitrogens with one attached hydrogen (secondary N) is 1. The summed E-state index contributed by atoms with van der Waals surface area (Å²) in [6.07, 6.45) is 0.920. The van der Waals surface area contributed by atoms with E-state index in [0.717, 1.165) is 19.0 Å². The molecule has 1 aromatic carbocycles. The summed E-state index contributed by atoms with van der Waals surface area (Å²) in [6.45, 7) is 4.54. The van der Waals surface area contributed by atoms with Gasteiger partial charge in [-0.3, -0.25) is 4.21 Å². The van der Waals surface area contributed by atoms with E-state index in [2.05, 4.69) is 5.32 Å². The van der Waals surface area contributed by atoms with Gasteiger partial charge in [0.15, 0.2) is 0 Å². The van der Waals surface area contributed by atoms with Gasteiger partial charge in [0.05, 0.1) is 20.9 Å². The highest BCUT2D eigenvalue weighted by atomic mass is 32.2. The fourth-order valence-corrected chi connectivity index (χ4v) is 3.69. The van der Waals surface area contributed by atoms with Crippen LogP contribution in [0.1, 0.15) is 31.9 Å². The second-order valence-corrected chi connectivity index (χ2v) is 5.99. The quantitative estimate of drug-likeness (QED) is 0.903. The van der Waals surface area contributed by atoms with Gasteiger partial charge >= 0.3 is 0 Å². The van der Waals surface area contributed by atoms with Crippen LogP contribution in [0.3, 0.4) is 0 Å². The van der Waals surface area contributed by atoms with Crippen LogP contribution in [0, 0.1) is 11.6 Å². The molecule has 0 saturated heterocycles. The second kappa shape index (κ2) is 4.82. The third kappa shape index (κ3) is 2.13. The molecule has 0 amide bonds. The van der Waals surface area contributed by atoms with Gasteiger partial charge in [-0.2, -0.15) is 0 Å². The Morgan fingerprint density at radius 2 is 2.12 bits per heavy atom. The molecule has 17 heavy (non-hydrogen) atoms. The Labute approximate surface area is 102 Å². The van der Waals surface area contributed by atoms with E-state index in [4.69, 9.17) is 0 Å². The first-order valence-electron chi connectivity index (χ1n) is 5.69. The fourth-order valence-electron chi connectivity index (χ4n) is 2.16. The molecule has 3 unspecified atom stereocenters. The van der Waals surface area contributed by atoms with Crippen molar-refractivity contribution in [3.8, 4) is 0 Å². The fraction of sp³-hybridized carbons (Fsp3) is 0.500. The molecule has 0 radical (unpaired) electrons. The molecular weight excluding hydrogens is 244 g/mol. The van der Waals surface area contributed by atoms with Crippen LogP contribution in [0.2, 0.25) is 0 Å². The van der Waals surface area contributed by atoms with Crippen molar-refractivity contribution in [2.45, 2.75) is 36.5 Å². The summed E-state index contributed by atoms with van der Waals surface area (Å²) < 4.78 is 38.8. The zero-order valence-corrected chi connectivity index (χ0v) is 10.6. The highest BCUT2D eigenvalue weighted by Crippen LogP contribution is 2.38. The zero-order valence-electron chi connectivity index (χ0n) is 9.80. The van der Waals surface area contributed by atoms with Gasteiger partial charge in [-0.15, -0.1) is 0 Å². The van der Waals surface area contributed by atoms with Crippen molar-refractivity contribution in [3.63, 3.8) is 0 Å². The van der Waals surface area contributed by atoms with Crippen LogP contribution in [0.4, 0.5) is 8.78 Å². The van der Waals surface area contributed by atoms with Crippen LogP contribution in [-0.4, -0.2) is 16.0 Å². The third-order valence-corrected chi connectivity index (χ3v) is 4.78. The van der Waals surface area contributed by atoms with Gasteiger partial charge in [-0.1, -0.05) is 6.92 Å². The first-order chi connectivity index (χ1) is 8.06. The van der Waals surface area contributed by atoms with Crippen LogP contribution >= 0.6 is 0 Å². The summed E-state index contributed by atoms with van der Waals surface area (Å²) in [5, 5.41) is 2.97. The maximum absolute atomic E-state index is 13.6. The molecule has 0 saturated carbocycles. The Kier molecular flexibility index (Phi) is 3.58. The van der Waals surface area contributed by atoms with Crippen molar-refractivity contribution in [1.29, 1.82) is 0 Å². The molecule has 1 aromatic rings. The molecule has 0 spiro atoms. The van der Waals surface area contributed by atoms with Gasteiger partial charge in [0.2, 0.25) is 0 Å². The van der Waals surface area contributed by atoms with Crippen LogP contribution in [0.25, 0.3) is 0 Å². The van der Waals surface area contributed by atoms with Crippen LogP contribution in [0.5, 0.6) is 0 Å². The van der Waals surface area contributed by atoms with Crippen molar-refractivity contribution in [2.75, 3.05) is 6.54 Å². The molecule has 2 nitrogen and oxygen atoms in total. The first-order valence-corrected chi connectivity index (χ1v) is 6.90. The van der Waals surface area contributed by atoms with Crippen LogP contribution < -0.4 is 5.32 Å². The number of rotatable bonds is 3. The Balaban J connectivity index is 2.44. The molecule has 0 fully saturated rings. The lowest BCUT2D eigenvalue weighted by Gasteiger charge is -2.16. The summed E-state index contributed by atoms with van der Waals surface area (Å²) in [7, 11) is -1.40. The Morgan fingerprint density at radius 1 is 1.41 bits per heavy atom. The largest absolute Gasteiger partial charge is 0.309 e. The Morgan fingerprint density at radius 3 is 2.76 bits per heavy atom. The lowest BCUT2D eigenvalue weighted by Crippen LogP contribution is -2.28. The molecule has 1 aliphatic heterocycles. The van der Waals surface area contributed by atoms with Crippen molar-refractivity contribution < 1.29 is 13.0 Å². The van der Waals surface area contributed by atoms with Gasteiger partial charge in [-0.25, -0.2) is 8.78 Å². The minimum atomic E-state index is -1.40. The Bertz CT molecular complexity index is 464. The van der Waals surface area contributed by atoms with E-state index in [1.165, 1.54) is 6.07 Å². The molecule has 1 N–H and O–H groups in total. The summed E-state index contributed by atoms with van der Waals surface area (Å²) >= 11 is 0. The highest BCUT2D eigenvalue weighted by Gasteiger charge is 2.38. The SMILES string of the molecule is CCCNC1c2cc(F)cc(F)c2S(=O)C1C. The van der Waals surface area contributed by atoms with Gasteiger partial charge in [-0.05, 0) is 31.5 Å². The number of hydrogen-bond donors (Lipinski definition) is 1. The average Bonchev–Trinajstić information content (AvgIpc) is 2.49. The molecule has 3 atom stereocenters. The molecule has 0 aromatic heterocycles. The standard InChI is InChI=1S/C12H15F2NOS/c1-3-4-15-11-7(2)17(16)12-9(11)5-8(13)6-10(12)14/h5-7,11,15H,3-4H2,1-2H3. The normalized spacial score (nSPS) is 27.2. The molecule has 2 rings (SSSR count). The first kappa shape index (κ1) is 12.6. The topological polar surface area (TPSA) is 29.1 Å². The highest BCUT2D eigenvalue weighted by molar-refractivity contribution is 7.86. The van der Waals surface area contributed by atoms with E-state index in [-0.39, 0.29) is 16.2 Å². The molecule has 1 heterocycles. The molecule has 5 heteroatoms. The second-order valence-electron chi connectivity index (χ2n) is 4.24. The van der Waals surface area contributed by atoms with Crippen molar-refractivity contribution >= 4 is 10.8 Å². The maximum atomic E-state index is 13.6. The van der Waals surface area contributed by atoms with Gasteiger partial charge < -0.3 is 5.32 Å². The zero-order chi connectivity index (χ0) is 12.6. The molecule has 94 valence electrons. The average molecular weight is 259 g/mol. The summed E-state index contributed by atoms with van der Waals surface area (Å²) in [5.41, 5.74) is 0.502. The van der Waals surface area contributed by atoms with Crippen molar-refractivity contribution in [2.24, 2.45) is 0 Å². The van der Waals surface area contributed by atoms with E-state index in [1.807, 2.05) is 6.92 Å². The minimum absolute atomic E-state index is 0.160. The van der Waals surface area contributed by atoms with E-state index in [9.17, 15) is 13.0 Å². The lowest BCUT2D eigenvalue weighted by atomic mass is 10.0. The summed E-state index contributed by atoms with van der Waals surface area (Å²) in [4.78, 5) is 0.160. The predicted octanol–water partition coefficient (Wildman–Crippen LogP) is 2.52. The summed E-state index contributed by atoms with van der Waals surface area (Å²) in [6, 6.07) is 1.86. The third-order valence-electron chi connectivity index (χ3n) is 2.99. The smallest absolute Gasteiger partial charge is 0.142 e. The Hall–Kier alpha value is -0.810. The van der Waals surface area contributed by atoms with Gasteiger partial charge in [0.1, 0.15) is 11.6 Å². The van der Waals surface area contributed by atoms with E-state index >= 15 is 0 Å². The van der Waals surface area contributed by atoms with Gasteiger partial charge in [0.25, 0.3) is 0 Å². The number of halogens is 2. The minimum Gasteiger partial charge on any atom is -0.309 e. The molecule has 0 bridgehead atoms. The van der Waals surface area contributed by atoms with E-state index in [0.29, 0.717) is 5.56 Å². The van der Waals surface area contributed by atoms with E-state index in [1.54, 1.807) is 6.92 Å². The maximum Gasteiger partial charge on any atom is 0.142 e. The van der Waals surface area contributed by atoms with Gasteiger partial charge in [0, 0.05) is 12.1 Å². The summed E-state index contributed by atoms with van der Waals surface area (Å²) in [5.74, 6) is -1.32. The van der Waals surface area contributed by atoms with Crippen LogP contribution in [0.15, 0.2) is 17.0 Å². The lowest BCUT2D eigenvalue weighted by molar-refractivity contribution is 0.512. The predicted molar refractivity (Wildman–Crippen MR) is 63.3 cm³/mol. The van der Waals surface area contributed by atoms with E-state index < -0.39 is 22.4 Å². The number of fused-ring (bicyclic) bond motifs is 1. The van der Waals surface area contributed by atoms with Crippen molar-refractivity contribution in [3.05, 3.63) is 29.3 Å². The number of hydrogen-bond acceptors (Lipinski definition) is 2. The monoisotopic (exact) mass is 259 g/mol.